The zero-order valence-electron chi connectivity index (χ0n) is 14.4. The molecular weight excluding hydrogens is 260 g/mol. The van der Waals surface area contributed by atoms with Gasteiger partial charge in [0.05, 0.1) is 7.11 Å². The largest absolute Gasteiger partial charge is 0.469 e. The molecular formula is C19H36O2. The molecule has 0 bridgehead atoms. The average molecular weight is 296 g/mol. The summed E-state index contributed by atoms with van der Waals surface area (Å²) in [6.07, 6.45) is 18.4. The molecule has 21 heavy (non-hydrogen) atoms. The van der Waals surface area contributed by atoms with Gasteiger partial charge in [0.25, 0.3) is 0 Å². The number of carbonyl (C=O) groups is 1. The molecule has 0 aromatic rings. The SMILES string of the molecule is CCCCCC[C@H]1CCC[C@H]1CCCCCCC(=O)OC. The molecule has 1 rings (SSSR count). The van der Waals surface area contributed by atoms with Gasteiger partial charge in [-0.1, -0.05) is 84.0 Å². The van der Waals surface area contributed by atoms with E-state index in [0.29, 0.717) is 6.42 Å². The van der Waals surface area contributed by atoms with Crippen molar-refractivity contribution in [2.24, 2.45) is 11.8 Å². The maximum absolute atomic E-state index is 11.0. The summed E-state index contributed by atoms with van der Waals surface area (Å²) in [4.78, 5) is 11.0. The zero-order valence-corrected chi connectivity index (χ0v) is 14.4. The first-order chi connectivity index (χ1) is 10.3. The van der Waals surface area contributed by atoms with E-state index in [4.69, 9.17) is 0 Å². The summed E-state index contributed by atoms with van der Waals surface area (Å²) < 4.78 is 4.67. The molecule has 0 radical (unpaired) electrons. The van der Waals surface area contributed by atoms with E-state index in [1.165, 1.54) is 84.2 Å². The molecule has 0 spiro atoms. The summed E-state index contributed by atoms with van der Waals surface area (Å²) >= 11 is 0. The lowest BCUT2D eigenvalue weighted by atomic mass is 9.87. The molecule has 1 fully saturated rings. The minimum absolute atomic E-state index is 0.0575. The van der Waals surface area contributed by atoms with Crippen molar-refractivity contribution in [3.63, 3.8) is 0 Å². The molecule has 124 valence electrons. The van der Waals surface area contributed by atoms with E-state index < -0.39 is 0 Å². The van der Waals surface area contributed by atoms with Gasteiger partial charge in [0.15, 0.2) is 0 Å². The maximum atomic E-state index is 11.0. The van der Waals surface area contributed by atoms with Crippen LogP contribution in [0.2, 0.25) is 0 Å². The summed E-state index contributed by atoms with van der Waals surface area (Å²) in [6.45, 7) is 2.29. The predicted molar refractivity (Wildman–Crippen MR) is 89.3 cm³/mol. The Morgan fingerprint density at radius 3 is 2.05 bits per heavy atom. The molecule has 0 amide bonds. The highest BCUT2D eigenvalue weighted by atomic mass is 16.5. The lowest BCUT2D eigenvalue weighted by Gasteiger charge is -2.19. The van der Waals surface area contributed by atoms with Gasteiger partial charge in [-0.2, -0.15) is 0 Å². The lowest BCUT2D eigenvalue weighted by Crippen LogP contribution is -2.08. The Morgan fingerprint density at radius 2 is 1.48 bits per heavy atom. The summed E-state index contributed by atoms with van der Waals surface area (Å²) in [5.41, 5.74) is 0. The summed E-state index contributed by atoms with van der Waals surface area (Å²) in [5.74, 6) is 1.97. The van der Waals surface area contributed by atoms with Gasteiger partial charge in [0, 0.05) is 6.42 Å². The van der Waals surface area contributed by atoms with Gasteiger partial charge in [0.1, 0.15) is 0 Å². The quantitative estimate of drug-likeness (QED) is 0.332. The molecule has 1 aliphatic rings. The summed E-state index contributed by atoms with van der Waals surface area (Å²) in [6, 6.07) is 0. The Bertz CT molecular complexity index is 262. The highest BCUT2D eigenvalue weighted by Crippen LogP contribution is 2.38. The van der Waals surface area contributed by atoms with Crippen LogP contribution in [-0.2, 0) is 9.53 Å². The third-order valence-electron chi connectivity index (χ3n) is 5.18. The van der Waals surface area contributed by atoms with Crippen LogP contribution in [0.4, 0.5) is 0 Å². The Labute approximate surface area is 132 Å². The van der Waals surface area contributed by atoms with Crippen molar-refractivity contribution in [1.82, 2.24) is 0 Å². The van der Waals surface area contributed by atoms with Crippen molar-refractivity contribution >= 4 is 5.97 Å². The minimum Gasteiger partial charge on any atom is -0.469 e. The van der Waals surface area contributed by atoms with Gasteiger partial charge in [-0.25, -0.2) is 0 Å². The van der Waals surface area contributed by atoms with E-state index in [-0.39, 0.29) is 5.97 Å². The number of hydrogen-bond acceptors (Lipinski definition) is 2. The predicted octanol–water partition coefficient (Wildman–Crippen LogP) is 5.89. The smallest absolute Gasteiger partial charge is 0.305 e. The normalized spacial score (nSPS) is 21.6. The van der Waals surface area contributed by atoms with Crippen molar-refractivity contribution in [2.45, 2.75) is 96.8 Å². The number of ether oxygens (including phenoxy) is 1. The standard InChI is InChI=1S/C19H36O2/c1-3-4-5-8-12-17-14-11-15-18(17)13-9-6-7-10-16-19(20)21-2/h17-18H,3-16H2,1-2H3/t17-,18+/m0/s1. The Balaban J connectivity index is 2.01. The molecule has 0 unspecified atom stereocenters. The lowest BCUT2D eigenvalue weighted by molar-refractivity contribution is -0.140. The number of hydrogen-bond donors (Lipinski definition) is 0. The van der Waals surface area contributed by atoms with E-state index in [0.717, 1.165) is 18.3 Å². The van der Waals surface area contributed by atoms with Crippen LogP contribution in [0.25, 0.3) is 0 Å². The van der Waals surface area contributed by atoms with E-state index in [1.54, 1.807) is 0 Å². The van der Waals surface area contributed by atoms with Crippen LogP contribution in [0.1, 0.15) is 96.8 Å². The molecule has 1 saturated carbocycles. The molecule has 0 saturated heterocycles. The van der Waals surface area contributed by atoms with Gasteiger partial charge in [-0.05, 0) is 18.3 Å². The topological polar surface area (TPSA) is 26.3 Å². The first-order valence-corrected chi connectivity index (χ1v) is 9.34. The Hall–Kier alpha value is -0.530. The van der Waals surface area contributed by atoms with Gasteiger partial charge < -0.3 is 4.74 Å². The van der Waals surface area contributed by atoms with Gasteiger partial charge in [-0.3, -0.25) is 4.79 Å². The molecule has 0 aromatic heterocycles. The minimum atomic E-state index is -0.0575. The fourth-order valence-corrected chi connectivity index (χ4v) is 3.84. The van der Waals surface area contributed by atoms with Crippen LogP contribution < -0.4 is 0 Å². The number of methoxy groups -OCH3 is 1. The van der Waals surface area contributed by atoms with Crippen LogP contribution in [0.3, 0.4) is 0 Å². The van der Waals surface area contributed by atoms with Crippen molar-refractivity contribution in [3.8, 4) is 0 Å². The van der Waals surface area contributed by atoms with E-state index in [1.807, 2.05) is 0 Å². The number of rotatable bonds is 12. The van der Waals surface area contributed by atoms with Crippen LogP contribution in [0, 0.1) is 11.8 Å². The fraction of sp³-hybridized carbons (Fsp3) is 0.947. The molecule has 0 N–H and O–H groups in total. The second-order valence-electron chi connectivity index (χ2n) is 6.83. The maximum Gasteiger partial charge on any atom is 0.305 e. The van der Waals surface area contributed by atoms with Crippen molar-refractivity contribution in [3.05, 3.63) is 0 Å². The average Bonchev–Trinajstić information content (AvgIpc) is 2.94. The van der Waals surface area contributed by atoms with Gasteiger partial charge in [0.2, 0.25) is 0 Å². The first kappa shape index (κ1) is 18.5. The first-order valence-electron chi connectivity index (χ1n) is 9.34. The molecule has 0 heterocycles. The highest BCUT2D eigenvalue weighted by molar-refractivity contribution is 5.68. The fourth-order valence-electron chi connectivity index (χ4n) is 3.84. The van der Waals surface area contributed by atoms with Crippen molar-refractivity contribution < 1.29 is 9.53 Å². The molecule has 0 aromatic carbocycles. The monoisotopic (exact) mass is 296 g/mol. The van der Waals surface area contributed by atoms with E-state index in [2.05, 4.69) is 11.7 Å². The van der Waals surface area contributed by atoms with Gasteiger partial charge in [-0.15, -0.1) is 0 Å². The third kappa shape index (κ3) is 8.48. The highest BCUT2D eigenvalue weighted by Gasteiger charge is 2.25. The van der Waals surface area contributed by atoms with Crippen molar-refractivity contribution in [1.29, 1.82) is 0 Å². The second-order valence-corrected chi connectivity index (χ2v) is 6.83. The molecule has 0 aliphatic heterocycles. The molecule has 2 nitrogen and oxygen atoms in total. The van der Waals surface area contributed by atoms with Crippen LogP contribution in [0.15, 0.2) is 0 Å². The molecule has 2 heteroatoms. The van der Waals surface area contributed by atoms with Gasteiger partial charge >= 0.3 is 5.97 Å². The van der Waals surface area contributed by atoms with Crippen LogP contribution >= 0.6 is 0 Å². The van der Waals surface area contributed by atoms with E-state index >= 15 is 0 Å². The molecule has 2 atom stereocenters. The number of unbranched alkanes of at least 4 members (excludes halogenated alkanes) is 6. The zero-order chi connectivity index (χ0) is 15.3. The Morgan fingerprint density at radius 1 is 0.905 bits per heavy atom. The number of carbonyl (C=O) groups excluding carboxylic acids is 1. The summed E-state index contributed by atoms with van der Waals surface area (Å²) in [7, 11) is 1.48. The second kappa shape index (κ2) is 12.1. The van der Waals surface area contributed by atoms with Crippen LogP contribution in [-0.4, -0.2) is 13.1 Å². The summed E-state index contributed by atoms with van der Waals surface area (Å²) in [5, 5.41) is 0. The third-order valence-corrected chi connectivity index (χ3v) is 5.18. The van der Waals surface area contributed by atoms with E-state index in [9.17, 15) is 4.79 Å². The number of esters is 1. The van der Waals surface area contributed by atoms with Crippen molar-refractivity contribution in [2.75, 3.05) is 7.11 Å². The Kier molecular flexibility index (Phi) is 10.6. The molecule has 1 aliphatic carbocycles. The van der Waals surface area contributed by atoms with Crippen LogP contribution in [0.5, 0.6) is 0 Å².